The number of para-hydroxylation sites is 1. The lowest BCUT2D eigenvalue weighted by molar-refractivity contribution is 0.770. The number of anilines is 3. The molecule has 67 heavy (non-hydrogen) atoms. The molecule has 2 heteroatoms. The molecular formula is C65H44N2. The van der Waals surface area contributed by atoms with Gasteiger partial charge in [0.05, 0.1) is 16.4 Å². The molecule has 0 unspecified atom stereocenters. The van der Waals surface area contributed by atoms with Crippen LogP contribution in [-0.2, 0) is 5.41 Å². The number of hydrogen-bond donors (Lipinski definition) is 0. The smallest absolute Gasteiger partial charge is 0.0713 e. The molecule has 0 amide bonds. The third-order valence-electron chi connectivity index (χ3n) is 14.1. The molecule has 1 aliphatic carbocycles. The van der Waals surface area contributed by atoms with Gasteiger partial charge in [-0.1, -0.05) is 194 Å². The van der Waals surface area contributed by atoms with Gasteiger partial charge in [-0.05, 0) is 139 Å². The van der Waals surface area contributed by atoms with E-state index >= 15 is 0 Å². The highest BCUT2D eigenvalue weighted by atomic mass is 15.1. The van der Waals surface area contributed by atoms with Crippen LogP contribution in [0, 0.1) is 0 Å². The minimum atomic E-state index is -0.490. The molecule has 12 aromatic rings. The van der Waals surface area contributed by atoms with E-state index in [1.54, 1.807) is 0 Å². The van der Waals surface area contributed by atoms with Gasteiger partial charge in [0.15, 0.2) is 0 Å². The molecule has 0 saturated heterocycles. The zero-order valence-corrected chi connectivity index (χ0v) is 36.8. The predicted molar refractivity (Wildman–Crippen MR) is 281 cm³/mol. The molecule has 0 aliphatic heterocycles. The highest BCUT2D eigenvalue weighted by molar-refractivity contribution is 6.11. The monoisotopic (exact) mass is 852 g/mol. The van der Waals surface area contributed by atoms with Crippen molar-refractivity contribution in [2.24, 2.45) is 0 Å². The molecule has 0 N–H and O–H groups in total. The molecule has 0 saturated carbocycles. The largest absolute Gasteiger partial charge is 0.310 e. The summed E-state index contributed by atoms with van der Waals surface area (Å²) in [6.45, 7) is 0. The molecule has 11 aromatic carbocycles. The number of rotatable bonds is 8. The first-order chi connectivity index (χ1) is 33.2. The average molecular weight is 853 g/mol. The second-order valence-corrected chi connectivity index (χ2v) is 17.7. The minimum Gasteiger partial charge on any atom is -0.310 e. The van der Waals surface area contributed by atoms with E-state index in [0.29, 0.717) is 0 Å². The summed E-state index contributed by atoms with van der Waals surface area (Å²) in [7, 11) is 0. The molecule has 0 fully saturated rings. The van der Waals surface area contributed by atoms with Crippen LogP contribution in [0.25, 0.3) is 71.6 Å². The summed E-state index contributed by atoms with van der Waals surface area (Å²) in [5, 5.41) is 4.89. The van der Waals surface area contributed by atoms with Crippen LogP contribution < -0.4 is 4.90 Å². The molecule has 2 nitrogen and oxygen atoms in total. The van der Waals surface area contributed by atoms with E-state index in [0.717, 1.165) is 22.7 Å². The van der Waals surface area contributed by atoms with E-state index in [-0.39, 0.29) is 0 Å². The molecule has 0 spiro atoms. The normalized spacial score (nSPS) is 12.6. The Balaban J connectivity index is 0.965. The van der Waals surface area contributed by atoms with Gasteiger partial charge >= 0.3 is 0 Å². The number of benzene rings is 11. The van der Waals surface area contributed by atoms with Gasteiger partial charge in [0, 0.05) is 33.5 Å². The van der Waals surface area contributed by atoms with Crippen molar-refractivity contribution in [2.45, 2.75) is 5.41 Å². The van der Waals surface area contributed by atoms with Crippen molar-refractivity contribution in [1.29, 1.82) is 0 Å². The van der Waals surface area contributed by atoms with Crippen molar-refractivity contribution in [3.05, 3.63) is 289 Å². The van der Waals surface area contributed by atoms with Crippen LogP contribution in [0.4, 0.5) is 17.1 Å². The van der Waals surface area contributed by atoms with E-state index in [1.807, 2.05) is 0 Å². The summed E-state index contributed by atoms with van der Waals surface area (Å²) in [6.07, 6.45) is 0. The highest BCUT2D eigenvalue weighted by Crippen LogP contribution is 2.56. The Morgan fingerprint density at radius 3 is 1.43 bits per heavy atom. The molecule has 13 rings (SSSR count). The maximum absolute atomic E-state index is 2.49. The van der Waals surface area contributed by atoms with Gasteiger partial charge in [0.1, 0.15) is 0 Å². The van der Waals surface area contributed by atoms with Crippen LogP contribution in [0.1, 0.15) is 22.3 Å². The van der Waals surface area contributed by atoms with Gasteiger partial charge in [-0.2, -0.15) is 0 Å². The Labute approximate surface area is 390 Å². The third-order valence-corrected chi connectivity index (χ3v) is 14.1. The number of hydrogen-bond acceptors (Lipinski definition) is 1. The fraction of sp³-hybridized carbons (Fsp3) is 0.0154. The van der Waals surface area contributed by atoms with Gasteiger partial charge in [-0.15, -0.1) is 0 Å². The molecule has 314 valence electrons. The molecule has 0 radical (unpaired) electrons. The molecule has 1 aliphatic rings. The Bertz CT molecular complexity index is 3730. The Morgan fingerprint density at radius 2 is 0.776 bits per heavy atom. The fourth-order valence-corrected chi connectivity index (χ4v) is 11.0. The SMILES string of the molecule is c1ccc(-c2ccc(N(c3ccc(-c4ccc5c(c4)c4cc(C6(c7ccccc7)c7ccccc7-c7ccccc76)ccc4n5-c4ccccc4)cc3)c3ccc4ccccc4c3)cc2)cc1. The van der Waals surface area contributed by atoms with E-state index in [2.05, 4.69) is 276 Å². The highest BCUT2D eigenvalue weighted by Gasteiger charge is 2.46. The fourth-order valence-electron chi connectivity index (χ4n) is 11.0. The van der Waals surface area contributed by atoms with Crippen LogP contribution in [-0.4, -0.2) is 4.57 Å². The second kappa shape index (κ2) is 15.8. The van der Waals surface area contributed by atoms with E-state index in [9.17, 15) is 0 Å². The van der Waals surface area contributed by atoms with Gasteiger partial charge in [0.25, 0.3) is 0 Å². The summed E-state index contributed by atoms with van der Waals surface area (Å²) in [5.74, 6) is 0. The second-order valence-electron chi connectivity index (χ2n) is 17.7. The molecule has 1 heterocycles. The minimum absolute atomic E-state index is 0.490. The Hall–Kier alpha value is -8.72. The van der Waals surface area contributed by atoms with Crippen molar-refractivity contribution >= 4 is 49.6 Å². The van der Waals surface area contributed by atoms with Crippen molar-refractivity contribution in [3.8, 4) is 39.1 Å². The zero-order valence-electron chi connectivity index (χ0n) is 36.8. The van der Waals surface area contributed by atoms with Crippen LogP contribution in [0.15, 0.2) is 267 Å². The summed E-state index contributed by atoms with van der Waals surface area (Å²) < 4.78 is 2.43. The quantitative estimate of drug-likeness (QED) is 0.148. The van der Waals surface area contributed by atoms with Crippen molar-refractivity contribution < 1.29 is 0 Å². The van der Waals surface area contributed by atoms with Crippen LogP contribution >= 0.6 is 0 Å². The maximum atomic E-state index is 2.49. The zero-order chi connectivity index (χ0) is 44.3. The van der Waals surface area contributed by atoms with Crippen molar-refractivity contribution in [3.63, 3.8) is 0 Å². The number of aromatic nitrogens is 1. The summed E-state index contributed by atoms with van der Waals surface area (Å²) >= 11 is 0. The first kappa shape index (κ1) is 38.7. The first-order valence-corrected chi connectivity index (χ1v) is 23.2. The van der Waals surface area contributed by atoms with Crippen molar-refractivity contribution in [1.82, 2.24) is 4.57 Å². The molecular weight excluding hydrogens is 809 g/mol. The Kier molecular flexibility index (Phi) is 9.11. The van der Waals surface area contributed by atoms with Crippen LogP contribution in [0.5, 0.6) is 0 Å². The average Bonchev–Trinajstić information content (AvgIpc) is 3.90. The van der Waals surface area contributed by atoms with Gasteiger partial charge in [-0.3, -0.25) is 0 Å². The van der Waals surface area contributed by atoms with E-state index < -0.39 is 5.41 Å². The van der Waals surface area contributed by atoms with Gasteiger partial charge < -0.3 is 9.47 Å². The van der Waals surface area contributed by atoms with Crippen molar-refractivity contribution in [2.75, 3.05) is 4.90 Å². The summed E-state index contributed by atoms with van der Waals surface area (Å²) in [4.78, 5) is 2.37. The number of nitrogens with zero attached hydrogens (tertiary/aromatic N) is 2. The topological polar surface area (TPSA) is 8.17 Å². The maximum Gasteiger partial charge on any atom is 0.0713 e. The van der Waals surface area contributed by atoms with Crippen LogP contribution in [0.3, 0.4) is 0 Å². The van der Waals surface area contributed by atoms with E-state index in [1.165, 1.54) is 88.2 Å². The lowest BCUT2D eigenvalue weighted by Crippen LogP contribution is -2.28. The summed E-state index contributed by atoms with van der Waals surface area (Å²) in [5.41, 5.74) is 18.8. The molecule has 0 atom stereocenters. The molecule has 0 bridgehead atoms. The first-order valence-electron chi connectivity index (χ1n) is 23.2. The lowest BCUT2D eigenvalue weighted by Gasteiger charge is -2.34. The standard InChI is InChI=1S/C65H44N2/c1-4-16-45(17-5-1)47-28-35-54(36-29-47)66(56-39-32-46-18-10-11-19-49(46)42-56)55-37-30-48(31-38-55)50-33-40-63-59(43-50)60-44-52(34-41-64(60)67(63)53-22-8-3-9-23-53)65(51-20-6-2-7-21-51)61-26-14-12-24-57(61)58-25-13-15-27-62(58)65/h1-44H. The van der Waals surface area contributed by atoms with Gasteiger partial charge in [0.2, 0.25) is 0 Å². The summed E-state index contributed by atoms with van der Waals surface area (Å²) in [6, 6.07) is 98.1. The van der Waals surface area contributed by atoms with Crippen LogP contribution in [0.2, 0.25) is 0 Å². The number of fused-ring (bicyclic) bond motifs is 7. The Morgan fingerprint density at radius 1 is 0.299 bits per heavy atom. The van der Waals surface area contributed by atoms with E-state index in [4.69, 9.17) is 0 Å². The molecule has 1 aromatic heterocycles. The van der Waals surface area contributed by atoms with Gasteiger partial charge in [-0.25, -0.2) is 0 Å². The third kappa shape index (κ3) is 6.26. The lowest BCUT2D eigenvalue weighted by atomic mass is 9.67. The predicted octanol–water partition coefficient (Wildman–Crippen LogP) is 17.1.